The number of ether oxygens (including phenoxy) is 1. The van der Waals surface area contributed by atoms with Gasteiger partial charge in [-0.2, -0.15) is 0 Å². The summed E-state index contributed by atoms with van der Waals surface area (Å²) in [4.78, 5) is 15.0. The molecule has 1 aromatic rings. The van der Waals surface area contributed by atoms with Gasteiger partial charge in [-0.05, 0) is 25.3 Å². The minimum atomic E-state index is -1.05. The molecule has 1 heterocycles. The van der Waals surface area contributed by atoms with E-state index in [-0.39, 0.29) is 22.7 Å². The quantitative estimate of drug-likeness (QED) is 0.879. The lowest BCUT2D eigenvalue weighted by molar-refractivity contribution is 0.0697. The monoisotopic (exact) mass is 270 g/mol. The van der Waals surface area contributed by atoms with E-state index in [2.05, 4.69) is 10.3 Å². The number of halogens is 1. The number of pyridine rings is 1. The zero-order chi connectivity index (χ0) is 13.1. The summed E-state index contributed by atoms with van der Waals surface area (Å²) >= 11 is 5.76. The molecule has 1 fully saturated rings. The molecule has 2 unspecified atom stereocenters. The van der Waals surface area contributed by atoms with Crippen molar-refractivity contribution >= 4 is 23.4 Å². The van der Waals surface area contributed by atoms with E-state index in [9.17, 15) is 4.79 Å². The SMILES string of the molecule is COC1CCC(Nc2cc(C(=O)O)c(Cl)cn2)C1. The highest BCUT2D eigenvalue weighted by Gasteiger charge is 2.24. The molecule has 2 rings (SSSR count). The van der Waals surface area contributed by atoms with Crippen molar-refractivity contribution in [3.63, 3.8) is 0 Å². The first-order valence-corrected chi connectivity index (χ1v) is 6.16. The number of aromatic nitrogens is 1. The lowest BCUT2D eigenvalue weighted by Gasteiger charge is -2.14. The number of carboxylic acids is 1. The maximum absolute atomic E-state index is 10.9. The number of nitrogens with one attached hydrogen (secondary N) is 1. The third-order valence-electron chi connectivity index (χ3n) is 3.16. The number of hydrogen-bond donors (Lipinski definition) is 2. The van der Waals surface area contributed by atoms with Gasteiger partial charge in [0.25, 0.3) is 0 Å². The minimum absolute atomic E-state index is 0.0652. The minimum Gasteiger partial charge on any atom is -0.478 e. The topological polar surface area (TPSA) is 71.5 Å². The van der Waals surface area contributed by atoms with Gasteiger partial charge in [-0.25, -0.2) is 9.78 Å². The smallest absolute Gasteiger partial charge is 0.337 e. The van der Waals surface area contributed by atoms with Crippen molar-refractivity contribution in [2.24, 2.45) is 0 Å². The van der Waals surface area contributed by atoms with Gasteiger partial charge in [0.2, 0.25) is 0 Å². The van der Waals surface area contributed by atoms with Crippen LogP contribution in [0.25, 0.3) is 0 Å². The summed E-state index contributed by atoms with van der Waals surface area (Å²) in [5.74, 6) is -0.509. The summed E-state index contributed by atoms with van der Waals surface area (Å²) < 4.78 is 5.28. The second kappa shape index (κ2) is 5.54. The number of hydrogen-bond acceptors (Lipinski definition) is 4. The molecule has 2 N–H and O–H groups in total. The summed E-state index contributed by atoms with van der Waals surface area (Å²) in [6.45, 7) is 0. The maximum atomic E-state index is 10.9. The van der Waals surface area contributed by atoms with Crippen LogP contribution in [-0.2, 0) is 4.74 Å². The molecule has 0 radical (unpaired) electrons. The van der Waals surface area contributed by atoms with Crippen molar-refractivity contribution in [1.29, 1.82) is 0 Å². The van der Waals surface area contributed by atoms with E-state index in [1.807, 2.05) is 0 Å². The average Bonchev–Trinajstić information content (AvgIpc) is 2.79. The third-order valence-corrected chi connectivity index (χ3v) is 3.46. The van der Waals surface area contributed by atoms with Crippen molar-refractivity contribution in [2.45, 2.75) is 31.4 Å². The van der Waals surface area contributed by atoms with Crippen LogP contribution in [0.5, 0.6) is 0 Å². The predicted molar refractivity (Wildman–Crippen MR) is 68.3 cm³/mol. The van der Waals surface area contributed by atoms with Gasteiger partial charge in [-0.3, -0.25) is 0 Å². The number of rotatable bonds is 4. The Morgan fingerprint density at radius 3 is 3.00 bits per heavy atom. The molecule has 18 heavy (non-hydrogen) atoms. The Hall–Kier alpha value is -1.33. The Morgan fingerprint density at radius 1 is 1.61 bits per heavy atom. The number of carbonyl (C=O) groups is 1. The third kappa shape index (κ3) is 2.91. The van der Waals surface area contributed by atoms with Crippen LogP contribution in [0.4, 0.5) is 5.82 Å². The van der Waals surface area contributed by atoms with E-state index in [0.717, 1.165) is 19.3 Å². The normalized spacial score (nSPS) is 23.0. The van der Waals surface area contributed by atoms with Crippen LogP contribution < -0.4 is 5.32 Å². The molecule has 1 aliphatic carbocycles. The maximum Gasteiger partial charge on any atom is 0.337 e. The number of methoxy groups -OCH3 is 1. The Balaban J connectivity index is 2.06. The van der Waals surface area contributed by atoms with Crippen LogP contribution in [0.15, 0.2) is 12.3 Å². The zero-order valence-electron chi connectivity index (χ0n) is 10.0. The summed E-state index contributed by atoms with van der Waals surface area (Å²) in [7, 11) is 1.70. The number of carboxylic acid groups (broad SMARTS) is 1. The van der Waals surface area contributed by atoms with E-state index in [0.29, 0.717) is 5.82 Å². The molecule has 0 amide bonds. The second-order valence-electron chi connectivity index (χ2n) is 4.37. The molecule has 6 heteroatoms. The van der Waals surface area contributed by atoms with Gasteiger partial charge in [0.05, 0.1) is 16.7 Å². The van der Waals surface area contributed by atoms with E-state index in [1.54, 1.807) is 7.11 Å². The highest BCUT2D eigenvalue weighted by atomic mass is 35.5. The molecule has 0 bridgehead atoms. The highest BCUT2D eigenvalue weighted by molar-refractivity contribution is 6.33. The van der Waals surface area contributed by atoms with Crippen molar-refractivity contribution in [2.75, 3.05) is 12.4 Å². The first-order valence-electron chi connectivity index (χ1n) is 5.78. The number of anilines is 1. The fourth-order valence-electron chi connectivity index (χ4n) is 2.18. The molecule has 0 spiro atoms. The molecular formula is C12H15ClN2O3. The average molecular weight is 271 g/mol. The molecular weight excluding hydrogens is 256 g/mol. The van der Waals surface area contributed by atoms with Gasteiger partial charge >= 0.3 is 5.97 Å². The zero-order valence-corrected chi connectivity index (χ0v) is 10.8. The summed E-state index contributed by atoms with van der Waals surface area (Å²) in [5, 5.41) is 12.3. The van der Waals surface area contributed by atoms with Gasteiger partial charge < -0.3 is 15.2 Å². The Morgan fingerprint density at radius 2 is 2.39 bits per heavy atom. The number of nitrogens with zero attached hydrogens (tertiary/aromatic N) is 1. The molecule has 0 saturated heterocycles. The molecule has 1 aromatic heterocycles. The number of aromatic carboxylic acids is 1. The first-order chi connectivity index (χ1) is 8.60. The van der Waals surface area contributed by atoms with Crippen molar-refractivity contribution in [3.05, 3.63) is 22.8 Å². The van der Waals surface area contributed by atoms with E-state index in [1.165, 1.54) is 12.3 Å². The standard InChI is InChI=1S/C12H15ClN2O3/c1-18-8-3-2-7(4-8)15-11-5-9(12(16)17)10(13)6-14-11/h5-8H,2-4H2,1H3,(H,14,15)(H,16,17). The molecule has 0 aliphatic heterocycles. The van der Waals surface area contributed by atoms with Gasteiger partial charge in [0.1, 0.15) is 5.82 Å². The van der Waals surface area contributed by atoms with Crippen LogP contribution in [-0.4, -0.2) is 35.3 Å². The summed E-state index contributed by atoms with van der Waals surface area (Å²) in [6.07, 6.45) is 4.53. The van der Waals surface area contributed by atoms with Crippen LogP contribution >= 0.6 is 11.6 Å². The van der Waals surface area contributed by atoms with Gasteiger partial charge in [0, 0.05) is 19.3 Å². The fourth-order valence-corrected chi connectivity index (χ4v) is 2.36. The lowest BCUT2D eigenvalue weighted by atomic mass is 10.2. The molecule has 2 atom stereocenters. The van der Waals surface area contributed by atoms with Crippen LogP contribution in [0.1, 0.15) is 29.6 Å². The second-order valence-corrected chi connectivity index (χ2v) is 4.77. The fraction of sp³-hybridized carbons (Fsp3) is 0.500. The van der Waals surface area contributed by atoms with Crippen LogP contribution in [0.2, 0.25) is 5.02 Å². The van der Waals surface area contributed by atoms with Crippen LogP contribution in [0.3, 0.4) is 0 Å². The Bertz CT molecular complexity index is 453. The van der Waals surface area contributed by atoms with Crippen molar-refractivity contribution in [1.82, 2.24) is 4.98 Å². The van der Waals surface area contributed by atoms with E-state index < -0.39 is 5.97 Å². The molecule has 98 valence electrons. The summed E-state index contributed by atoms with van der Waals surface area (Å²) in [6, 6.07) is 1.73. The Kier molecular flexibility index (Phi) is 4.04. The van der Waals surface area contributed by atoms with Crippen molar-refractivity contribution in [3.8, 4) is 0 Å². The van der Waals surface area contributed by atoms with E-state index in [4.69, 9.17) is 21.4 Å². The van der Waals surface area contributed by atoms with Gasteiger partial charge in [-0.15, -0.1) is 0 Å². The molecule has 5 nitrogen and oxygen atoms in total. The largest absolute Gasteiger partial charge is 0.478 e. The van der Waals surface area contributed by atoms with E-state index >= 15 is 0 Å². The Labute approximate surface area is 110 Å². The lowest BCUT2D eigenvalue weighted by Crippen LogP contribution is -2.18. The summed E-state index contributed by atoms with van der Waals surface area (Å²) in [5.41, 5.74) is 0.0652. The van der Waals surface area contributed by atoms with Gasteiger partial charge in [-0.1, -0.05) is 11.6 Å². The highest BCUT2D eigenvalue weighted by Crippen LogP contribution is 2.25. The molecule has 1 aliphatic rings. The molecule has 0 aromatic carbocycles. The predicted octanol–water partition coefficient (Wildman–Crippen LogP) is 2.41. The van der Waals surface area contributed by atoms with Crippen molar-refractivity contribution < 1.29 is 14.6 Å². The van der Waals surface area contributed by atoms with Gasteiger partial charge in [0.15, 0.2) is 0 Å². The molecule has 1 saturated carbocycles. The first kappa shape index (κ1) is 13.1. The van der Waals surface area contributed by atoms with Crippen LogP contribution in [0, 0.1) is 0 Å².